The first-order chi connectivity index (χ1) is 14.5. The van der Waals surface area contributed by atoms with E-state index >= 15 is 0 Å². The molecule has 0 bridgehead atoms. The largest absolute Gasteiger partial charge is 0.490 e. The Labute approximate surface area is 174 Å². The summed E-state index contributed by atoms with van der Waals surface area (Å²) in [7, 11) is 1.35. The second-order valence-electron chi connectivity index (χ2n) is 6.98. The molecule has 2 aromatic heterocycles. The number of carbonyl (C=O) groups is 1. The molecule has 0 radical (unpaired) electrons. The molecule has 0 amide bonds. The van der Waals surface area contributed by atoms with E-state index in [9.17, 15) is 4.79 Å². The number of aryl methyl sites for hydroxylation is 3. The minimum atomic E-state index is -1.09. The Morgan fingerprint density at radius 2 is 2.00 bits per heavy atom. The van der Waals surface area contributed by atoms with Crippen LogP contribution in [0.2, 0.25) is 0 Å². The van der Waals surface area contributed by atoms with E-state index in [-0.39, 0.29) is 5.76 Å². The Kier molecular flexibility index (Phi) is 5.39. The van der Waals surface area contributed by atoms with Gasteiger partial charge in [-0.15, -0.1) is 0 Å². The van der Waals surface area contributed by atoms with Crippen LogP contribution in [-0.4, -0.2) is 27.7 Å². The van der Waals surface area contributed by atoms with Gasteiger partial charge in [-0.1, -0.05) is 24.3 Å². The number of carboxylic acid groups (broad SMARTS) is 1. The third-order valence-electron chi connectivity index (χ3n) is 5.03. The summed E-state index contributed by atoms with van der Waals surface area (Å²) in [4.78, 5) is 15.8. The molecule has 2 heterocycles. The molecule has 0 atom stereocenters. The Morgan fingerprint density at radius 1 is 1.20 bits per heavy atom. The molecule has 0 spiro atoms. The van der Waals surface area contributed by atoms with E-state index in [4.69, 9.17) is 14.3 Å². The molecule has 6 nitrogen and oxygen atoms in total. The van der Waals surface area contributed by atoms with Crippen LogP contribution in [0.5, 0.6) is 0 Å². The van der Waals surface area contributed by atoms with Gasteiger partial charge < -0.3 is 18.8 Å². The topological polar surface area (TPSA) is 77.5 Å². The van der Waals surface area contributed by atoms with E-state index in [2.05, 4.69) is 9.55 Å². The van der Waals surface area contributed by atoms with Crippen LogP contribution in [0, 0.1) is 6.92 Å². The van der Waals surface area contributed by atoms with Crippen LogP contribution in [0.4, 0.5) is 0 Å². The van der Waals surface area contributed by atoms with Crippen molar-refractivity contribution in [3.05, 3.63) is 83.6 Å². The number of oxazole rings is 1. The number of hydrogen-bond donors (Lipinski definition) is 1. The number of aromatic nitrogens is 2. The van der Waals surface area contributed by atoms with Crippen LogP contribution in [0.25, 0.3) is 28.4 Å². The number of methoxy groups -OCH3 is 1. The van der Waals surface area contributed by atoms with E-state index in [1.165, 1.54) is 13.2 Å². The standard InChI is InChI=1S/C24H22N2O4/c1-16-20(25-23(30-16)18-6-4-3-5-7-18)11-13-26-12-10-19-14-17(8-9-21(19)26)15-22(29-2)24(27)28/h3-10,12,14-15H,11,13H2,1-2H3,(H,27,28). The molecule has 6 heteroatoms. The van der Waals surface area contributed by atoms with E-state index in [1.54, 1.807) is 0 Å². The minimum Gasteiger partial charge on any atom is -0.490 e. The van der Waals surface area contributed by atoms with Crippen molar-refractivity contribution in [2.24, 2.45) is 0 Å². The maximum absolute atomic E-state index is 11.1. The molecule has 30 heavy (non-hydrogen) atoms. The summed E-state index contributed by atoms with van der Waals surface area (Å²) in [6.45, 7) is 2.70. The van der Waals surface area contributed by atoms with Crippen molar-refractivity contribution in [2.75, 3.05) is 7.11 Å². The van der Waals surface area contributed by atoms with Gasteiger partial charge in [0.25, 0.3) is 0 Å². The highest BCUT2D eigenvalue weighted by molar-refractivity contribution is 5.91. The number of carboxylic acids is 1. The van der Waals surface area contributed by atoms with Crippen LogP contribution in [0.1, 0.15) is 17.0 Å². The summed E-state index contributed by atoms with van der Waals surface area (Å²) in [5.41, 5.74) is 3.77. The zero-order chi connectivity index (χ0) is 21.1. The zero-order valence-electron chi connectivity index (χ0n) is 16.8. The van der Waals surface area contributed by atoms with Gasteiger partial charge in [0.2, 0.25) is 11.6 Å². The van der Waals surface area contributed by atoms with Crippen molar-refractivity contribution >= 4 is 22.9 Å². The Hall–Kier alpha value is -3.80. The Morgan fingerprint density at radius 3 is 2.73 bits per heavy atom. The van der Waals surface area contributed by atoms with Gasteiger partial charge in [0.15, 0.2) is 0 Å². The van der Waals surface area contributed by atoms with E-state index in [1.807, 2.05) is 67.7 Å². The highest BCUT2D eigenvalue weighted by Crippen LogP contribution is 2.23. The zero-order valence-corrected chi connectivity index (χ0v) is 16.8. The monoisotopic (exact) mass is 402 g/mol. The summed E-state index contributed by atoms with van der Waals surface area (Å²) < 4.78 is 12.9. The van der Waals surface area contributed by atoms with Gasteiger partial charge in [-0.05, 0) is 48.9 Å². The van der Waals surface area contributed by atoms with Crippen molar-refractivity contribution in [3.8, 4) is 11.5 Å². The number of rotatable bonds is 7. The summed E-state index contributed by atoms with van der Waals surface area (Å²) in [6, 6.07) is 17.7. The van der Waals surface area contributed by atoms with Crippen LogP contribution in [-0.2, 0) is 22.5 Å². The molecule has 0 saturated carbocycles. The normalized spacial score (nSPS) is 11.7. The maximum atomic E-state index is 11.1. The van der Waals surface area contributed by atoms with Crippen LogP contribution >= 0.6 is 0 Å². The highest BCUT2D eigenvalue weighted by atomic mass is 16.5. The predicted molar refractivity (Wildman–Crippen MR) is 115 cm³/mol. The molecule has 1 N–H and O–H groups in total. The third-order valence-corrected chi connectivity index (χ3v) is 5.03. The minimum absolute atomic E-state index is 0.0930. The van der Waals surface area contributed by atoms with Gasteiger partial charge in [0.1, 0.15) is 5.76 Å². The second kappa shape index (κ2) is 8.29. The van der Waals surface area contributed by atoms with Crippen molar-refractivity contribution in [2.45, 2.75) is 19.9 Å². The number of aliphatic carboxylic acids is 1. The average Bonchev–Trinajstić information content (AvgIpc) is 3.33. The van der Waals surface area contributed by atoms with Gasteiger partial charge in [0.05, 0.1) is 12.8 Å². The van der Waals surface area contributed by atoms with Crippen LogP contribution in [0.3, 0.4) is 0 Å². The molecule has 4 rings (SSSR count). The summed E-state index contributed by atoms with van der Waals surface area (Å²) in [5.74, 6) is 0.292. The number of fused-ring (bicyclic) bond motifs is 1. The quantitative estimate of drug-likeness (QED) is 0.351. The molecule has 0 aliphatic rings. The summed E-state index contributed by atoms with van der Waals surface area (Å²) in [5, 5.41) is 10.1. The Balaban J connectivity index is 1.53. The second-order valence-corrected chi connectivity index (χ2v) is 6.98. The van der Waals surface area contributed by atoms with Gasteiger partial charge in [-0.3, -0.25) is 0 Å². The molecular weight excluding hydrogens is 380 g/mol. The van der Waals surface area contributed by atoms with Gasteiger partial charge in [0, 0.05) is 35.6 Å². The van der Waals surface area contributed by atoms with E-state index in [0.717, 1.165) is 46.4 Å². The number of nitrogens with zero attached hydrogens (tertiary/aromatic N) is 2. The third kappa shape index (κ3) is 3.98. The number of ether oxygens (including phenoxy) is 1. The lowest BCUT2D eigenvalue weighted by Gasteiger charge is -2.05. The first kappa shape index (κ1) is 19.5. The molecule has 4 aromatic rings. The van der Waals surface area contributed by atoms with E-state index in [0.29, 0.717) is 5.89 Å². The van der Waals surface area contributed by atoms with Crippen molar-refractivity contribution in [1.82, 2.24) is 9.55 Å². The molecule has 0 saturated heterocycles. The SMILES string of the molecule is COC(=Cc1ccc2c(ccn2CCc2nc(-c3ccccc3)oc2C)c1)C(=O)O. The molecule has 2 aromatic carbocycles. The number of hydrogen-bond acceptors (Lipinski definition) is 4. The number of benzene rings is 2. The lowest BCUT2D eigenvalue weighted by Crippen LogP contribution is -2.02. The lowest BCUT2D eigenvalue weighted by atomic mass is 10.1. The first-order valence-corrected chi connectivity index (χ1v) is 9.65. The first-order valence-electron chi connectivity index (χ1n) is 9.65. The van der Waals surface area contributed by atoms with Crippen LogP contribution in [0.15, 0.2) is 71.0 Å². The molecule has 0 fully saturated rings. The maximum Gasteiger partial charge on any atom is 0.371 e. The average molecular weight is 402 g/mol. The molecule has 152 valence electrons. The Bertz CT molecular complexity index is 1220. The fourth-order valence-corrected chi connectivity index (χ4v) is 3.45. The molecule has 0 unspecified atom stereocenters. The fraction of sp³-hybridized carbons (Fsp3) is 0.167. The lowest BCUT2D eigenvalue weighted by molar-refractivity contribution is -0.135. The predicted octanol–water partition coefficient (Wildman–Crippen LogP) is 4.92. The van der Waals surface area contributed by atoms with Crippen molar-refractivity contribution in [1.29, 1.82) is 0 Å². The smallest absolute Gasteiger partial charge is 0.371 e. The van der Waals surface area contributed by atoms with Crippen molar-refractivity contribution in [3.63, 3.8) is 0 Å². The highest BCUT2D eigenvalue weighted by Gasteiger charge is 2.12. The summed E-state index contributed by atoms with van der Waals surface area (Å²) >= 11 is 0. The molecule has 0 aliphatic carbocycles. The van der Waals surface area contributed by atoms with Gasteiger partial charge in [-0.25, -0.2) is 9.78 Å². The summed E-state index contributed by atoms with van der Waals surface area (Å²) in [6.07, 6.45) is 4.30. The van der Waals surface area contributed by atoms with Crippen LogP contribution < -0.4 is 0 Å². The molecule has 0 aliphatic heterocycles. The van der Waals surface area contributed by atoms with Gasteiger partial charge in [-0.2, -0.15) is 0 Å². The molecular formula is C24H22N2O4. The van der Waals surface area contributed by atoms with Gasteiger partial charge >= 0.3 is 5.97 Å². The van der Waals surface area contributed by atoms with E-state index < -0.39 is 5.97 Å². The van der Waals surface area contributed by atoms with Crippen molar-refractivity contribution < 1.29 is 19.1 Å². The fourth-order valence-electron chi connectivity index (χ4n) is 3.45.